The molecule has 0 bridgehead atoms. The molecule has 124 valence electrons. The Kier molecular flexibility index (Phi) is 5.62. The maximum atomic E-state index is 4.65. The van der Waals surface area contributed by atoms with Gasteiger partial charge in [-0.15, -0.1) is 11.3 Å². The summed E-state index contributed by atoms with van der Waals surface area (Å²) in [6.07, 6.45) is 6.23. The number of nitrogens with one attached hydrogen (secondary N) is 1. The zero-order valence-corrected chi connectivity index (χ0v) is 14.9. The van der Waals surface area contributed by atoms with Gasteiger partial charge in [-0.25, -0.2) is 9.97 Å². The van der Waals surface area contributed by atoms with Crippen molar-refractivity contribution in [2.45, 2.75) is 51.6 Å². The fourth-order valence-electron chi connectivity index (χ4n) is 3.33. The number of nitrogens with zero attached hydrogens (tertiary/aromatic N) is 3. The number of hydrogen-bond donors (Lipinski definition) is 1. The third kappa shape index (κ3) is 4.30. The van der Waals surface area contributed by atoms with Crippen LogP contribution in [-0.2, 0) is 13.0 Å². The molecule has 5 heteroatoms. The first-order valence-corrected chi connectivity index (χ1v) is 9.41. The fourth-order valence-corrected chi connectivity index (χ4v) is 4.13. The molecule has 1 fully saturated rings. The van der Waals surface area contributed by atoms with Gasteiger partial charge in [0.2, 0.25) is 0 Å². The van der Waals surface area contributed by atoms with E-state index in [-0.39, 0.29) is 0 Å². The number of aryl methyl sites for hydroxylation is 2. The summed E-state index contributed by atoms with van der Waals surface area (Å²) in [6, 6.07) is 6.92. The molecular weight excluding hydrogens is 304 g/mol. The van der Waals surface area contributed by atoms with Crippen LogP contribution >= 0.6 is 11.3 Å². The molecule has 0 aromatic carbocycles. The number of rotatable bonds is 6. The zero-order valence-electron chi connectivity index (χ0n) is 14.1. The van der Waals surface area contributed by atoms with Crippen LogP contribution in [0.25, 0.3) is 0 Å². The van der Waals surface area contributed by atoms with Gasteiger partial charge in [-0.2, -0.15) is 0 Å². The lowest BCUT2D eigenvalue weighted by Gasteiger charge is -2.35. The monoisotopic (exact) mass is 330 g/mol. The number of piperidine rings is 1. The average molecular weight is 331 g/mol. The molecule has 1 N–H and O–H groups in total. The maximum Gasteiger partial charge on any atom is 0.125 e. The van der Waals surface area contributed by atoms with E-state index in [2.05, 4.69) is 39.2 Å². The van der Waals surface area contributed by atoms with Gasteiger partial charge in [-0.1, -0.05) is 12.5 Å². The lowest BCUT2D eigenvalue weighted by molar-refractivity contribution is 0.133. The Morgan fingerprint density at radius 3 is 3.04 bits per heavy atom. The smallest absolute Gasteiger partial charge is 0.125 e. The molecule has 0 amide bonds. The third-order valence-electron chi connectivity index (χ3n) is 4.74. The van der Waals surface area contributed by atoms with Crippen LogP contribution in [0, 0.1) is 6.92 Å². The quantitative estimate of drug-likeness (QED) is 0.873. The van der Waals surface area contributed by atoms with Gasteiger partial charge in [-0.05, 0) is 51.3 Å². The SMILES string of the molecule is CNc1cccc(CC[C@H]2CCCCN2Cc2scnc2C)n1. The van der Waals surface area contributed by atoms with Crippen molar-refractivity contribution in [1.82, 2.24) is 14.9 Å². The van der Waals surface area contributed by atoms with Crippen molar-refractivity contribution in [3.63, 3.8) is 0 Å². The molecule has 0 saturated carbocycles. The summed E-state index contributed by atoms with van der Waals surface area (Å²) in [5.41, 5.74) is 4.36. The molecule has 23 heavy (non-hydrogen) atoms. The number of likely N-dealkylation sites (tertiary alicyclic amines) is 1. The van der Waals surface area contributed by atoms with Crippen molar-refractivity contribution < 1.29 is 0 Å². The molecule has 0 spiro atoms. The van der Waals surface area contributed by atoms with Gasteiger partial charge >= 0.3 is 0 Å². The largest absolute Gasteiger partial charge is 0.373 e. The van der Waals surface area contributed by atoms with Crippen molar-refractivity contribution in [1.29, 1.82) is 0 Å². The summed E-state index contributed by atoms with van der Waals surface area (Å²) in [5.74, 6) is 0.961. The van der Waals surface area contributed by atoms with Crippen molar-refractivity contribution in [2.75, 3.05) is 18.9 Å². The highest BCUT2D eigenvalue weighted by molar-refractivity contribution is 7.09. The molecule has 3 rings (SSSR count). The molecule has 2 aromatic heterocycles. The molecule has 4 nitrogen and oxygen atoms in total. The number of hydrogen-bond acceptors (Lipinski definition) is 5. The van der Waals surface area contributed by atoms with Crippen molar-refractivity contribution in [2.24, 2.45) is 0 Å². The maximum absolute atomic E-state index is 4.65. The van der Waals surface area contributed by atoms with Crippen LogP contribution in [0.3, 0.4) is 0 Å². The highest BCUT2D eigenvalue weighted by atomic mass is 32.1. The summed E-state index contributed by atoms with van der Waals surface area (Å²) >= 11 is 1.79. The van der Waals surface area contributed by atoms with Gasteiger partial charge in [0.1, 0.15) is 5.82 Å². The first-order chi connectivity index (χ1) is 11.3. The summed E-state index contributed by atoms with van der Waals surface area (Å²) < 4.78 is 0. The predicted octanol–water partition coefficient (Wildman–Crippen LogP) is 3.88. The Hall–Kier alpha value is -1.46. The van der Waals surface area contributed by atoms with Crippen LogP contribution in [0.4, 0.5) is 5.82 Å². The van der Waals surface area contributed by atoms with Gasteiger partial charge in [-0.3, -0.25) is 4.90 Å². The molecule has 1 aliphatic rings. The third-order valence-corrected chi connectivity index (χ3v) is 5.66. The number of anilines is 1. The van der Waals surface area contributed by atoms with Crippen LogP contribution in [0.2, 0.25) is 0 Å². The van der Waals surface area contributed by atoms with E-state index in [9.17, 15) is 0 Å². The number of aromatic nitrogens is 2. The molecular formula is C18H26N4S. The Balaban J connectivity index is 1.61. The van der Waals surface area contributed by atoms with Crippen molar-refractivity contribution in [3.8, 4) is 0 Å². The van der Waals surface area contributed by atoms with Gasteiger partial charge in [0.05, 0.1) is 11.2 Å². The Morgan fingerprint density at radius 2 is 2.26 bits per heavy atom. The lowest BCUT2D eigenvalue weighted by atomic mass is 9.97. The van der Waals surface area contributed by atoms with Crippen LogP contribution in [-0.4, -0.2) is 34.5 Å². The highest BCUT2D eigenvalue weighted by Gasteiger charge is 2.23. The van der Waals surface area contributed by atoms with Crippen LogP contribution in [0.5, 0.6) is 0 Å². The molecule has 0 unspecified atom stereocenters. The minimum absolute atomic E-state index is 0.672. The van der Waals surface area contributed by atoms with Crippen LogP contribution < -0.4 is 5.32 Å². The van der Waals surface area contributed by atoms with E-state index in [0.717, 1.165) is 18.8 Å². The van der Waals surface area contributed by atoms with Gasteiger partial charge < -0.3 is 5.32 Å². The van der Waals surface area contributed by atoms with Gasteiger partial charge in [0.25, 0.3) is 0 Å². The molecule has 3 heterocycles. The van der Waals surface area contributed by atoms with E-state index in [1.54, 1.807) is 11.3 Å². The van der Waals surface area contributed by atoms with E-state index >= 15 is 0 Å². The second-order valence-corrected chi connectivity index (χ2v) is 7.22. The van der Waals surface area contributed by atoms with Gasteiger partial charge in [0, 0.05) is 30.2 Å². The topological polar surface area (TPSA) is 41.0 Å². The minimum Gasteiger partial charge on any atom is -0.373 e. The summed E-state index contributed by atoms with van der Waals surface area (Å²) in [7, 11) is 1.92. The van der Waals surface area contributed by atoms with E-state index in [1.807, 2.05) is 18.6 Å². The molecule has 1 aliphatic heterocycles. The van der Waals surface area contributed by atoms with Crippen molar-refractivity contribution in [3.05, 3.63) is 40.0 Å². The normalized spacial score (nSPS) is 19.0. The summed E-state index contributed by atoms with van der Waals surface area (Å²) in [5, 5.41) is 3.12. The lowest BCUT2D eigenvalue weighted by Crippen LogP contribution is -2.39. The molecule has 1 saturated heterocycles. The number of thiazole rings is 1. The van der Waals surface area contributed by atoms with E-state index in [0.29, 0.717) is 6.04 Å². The van der Waals surface area contributed by atoms with Crippen LogP contribution in [0.1, 0.15) is 41.9 Å². The summed E-state index contributed by atoms with van der Waals surface area (Å²) in [4.78, 5) is 13.1. The second-order valence-electron chi connectivity index (χ2n) is 6.28. The molecule has 1 atom stereocenters. The molecule has 0 aliphatic carbocycles. The Bertz CT molecular complexity index is 625. The molecule has 0 radical (unpaired) electrons. The minimum atomic E-state index is 0.672. The second kappa shape index (κ2) is 7.88. The standard InChI is InChI=1S/C18H26N4S/c1-14-17(23-13-20-14)12-22-11-4-3-7-16(22)10-9-15-6-5-8-18(19-2)21-15/h5-6,8,13,16H,3-4,7,9-12H2,1-2H3,(H,19,21)/t16-/m1/s1. The van der Waals surface area contributed by atoms with E-state index in [1.165, 1.54) is 48.5 Å². The highest BCUT2D eigenvalue weighted by Crippen LogP contribution is 2.25. The molecule has 2 aromatic rings. The van der Waals surface area contributed by atoms with Gasteiger partial charge in [0.15, 0.2) is 0 Å². The van der Waals surface area contributed by atoms with E-state index in [4.69, 9.17) is 0 Å². The Morgan fingerprint density at radius 1 is 1.35 bits per heavy atom. The van der Waals surface area contributed by atoms with Crippen molar-refractivity contribution >= 4 is 17.2 Å². The first kappa shape index (κ1) is 16.4. The fraction of sp³-hybridized carbons (Fsp3) is 0.556. The first-order valence-electron chi connectivity index (χ1n) is 8.53. The average Bonchev–Trinajstić information content (AvgIpc) is 2.99. The Labute approximate surface area is 143 Å². The summed E-state index contributed by atoms with van der Waals surface area (Å²) in [6.45, 7) is 4.40. The zero-order chi connectivity index (χ0) is 16.1. The predicted molar refractivity (Wildman–Crippen MR) is 97.0 cm³/mol. The van der Waals surface area contributed by atoms with Crippen LogP contribution in [0.15, 0.2) is 23.7 Å². The van der Waals surface area contributed by atoms with E-state index < -0.39 is 0 Å². The number of pyridine rings is 1.